The lowest BCUT2D eigenvalue weighted by Gasteiger charge is -2.13. The lowest BCUT2D eigenvalue weighted by Crippen LogP contribution is -2.14. The van der Waals surface area contributed by atoms with E-state index >= 15 is 0 Å². The van der Waals surface area contributed by atoms with E-state index in [-0.39, 0.29) is 5.25 Å². The highest BCUT2D eigenvalue weighted by Crippen LogP contribution is 2.46. The second-order valence-corrected chi connectivity index (χ2v) is 6.34. The Morgan fingerprint density at radius 3 is 2.71 bits per heavy atom. The first-order valence-corrected chi connectivity index (χ1v) is 8.13. The molecule has 1 unspecified atom stereocenters. The zero-order chi connectivity index (χ0) is 14.7. The Morgan fingerprint density at radius 1 is 1.29 bits per heavy atom. The maximum absolute atomic E-state index is 11.6. The van der Waals surface area contributed by atoms with E-state index < -0.39 is 6.16 Å². The first-order valence-electron chi connectivity index (χ1n) is 7.25. The van der Waals surface area contributed by atoms with Crippen molar-refractivity contribution in [1.29, 1.82) is 0 Å². The molecule has 3 nitrogen and oxygen atoms in total. The molecule has 1 aliphatic heterocycles. The van der Waals surface area contributed by atoms with Gasteiger partial charge in [0.2, 0.25) is 0 Å². The van der Waals surface area contributed by atoms with Gasteiger partial charge < -0.3 is 9.47 Å². The van der Waals surface area contributed by atoms with Crippen molar-refractivity contribution in [1.82, 2.24) is 0 Å². The molecule has 1 aromatic rings. The average Bonchev–Trinajstić information content (AvgIpc) is 3.25. The van der Waals surface area contributed by atoms with E-state index in [0.29, 0.717) is 6.61 Å². The Balaban J connectivity index is 1.73. The SMILES string of the molecule is CCOC(=O)OC1=CC(=C2CC2)SC1Cc1ccccc1. The van der Waals surface area contributed by atoms with Crippen LogP contribution in [0.15, 0.2) is 52.6 Å². The van der Waals surface area contributed by atoms with Gasteiger partial charge >= 0.3 is 6.16 Å². The number of ether oxygens (including phenoxy) is 2. The molecule has 110 valence electrons. The summed E-state index contributed by atoms with van der Waals surface area (Å²) in [7, 11) is 0. The van der Waals surface area contributed by atoms with Crippen LogP contribution in [0, 0.1) is 0 Å². The van der Waals surface area contributed by atoms with Gasteiger partial charge in [-0.15, -0.1) is 11.8 Å². The molecule has 0 N–H and O–H groups in total. The van der Waals surface area contributed by atoms with Crippen molar-refractivity contribution in [2.24, 2.45) is 0 Å². The summed E-state index contributed by atoms with van der Waals surface area (Å²) in [6.45, 7) is 2.11. The average molecular weight is 302 g/mol. The molecule has 1 aromatic carbocycles. The summed E-state index contributed by atoms with van der Waals surface area (Å²) in [6, 6.07) is 10.3. The number of hydrogen-bond acceptors (Lipinski definition) is 4. The van der Waals surface area contributed by atoms with Crippen LogP contribution < -0.4 is 0 Å². The zero-order valence-electron chi connectivity index (χ0n) is 12.0. The van der Waals surface area contributed by atoms with Gasteiger partial charge in [0, 0.05) is 4.91 Å². The Hall–Kier alpha value is -1.68. The predicted octanol–water partition coefficient (Wildman–Crippen LogP) is 4.45. The van der Waals surface area contributed by atoms with Crippen LogP contribution in [-0.2, 0) is 15.9 Å². The van der Waals surface area contributed by atoms with Crippen molar-refractivity contribution in [3.63, 3.8) is 0 Å². The Labute approximate surface area is 129 Å². The third-order valence-electron chi connectivity index (χ3n) is 3.44. The van der Waals surface area contributed by atoms with Gasteiger partial charge in [0.15, 0.2) is 0 Å². The highest BCUT2D eigenvalue weighted by Gasteiger charge is 2.31. The molecule has 21 heavy (non-hydrogen) atoms. The van der Waals surface area contributed by atoms with Gasteiger partial charge in [0.05, 0.1) is 11.9 Å². The molecule has 1 atom stereocenters. The topological polar surface area (TPSA) is 35.5 Å². The van der Waals surface area contributed by atoms with Gasteiger partial charge in [-0.25, -0.2) is 4.79 Å². The van der Waals surface area contributed by atoms with Crippen LogP contribution in [0.3, 0.4) is 0 Å². The number of rotatable bonds is 4. The molecule has 1 fully saturated rings. The van der Waals surface area contributed by atoms with Gasteiger partial charge in [-0.2, -0.15) is 0 Å². The minimum atomic E-state index is -0.607. The van der Waals surface area contributed by atoms with Crippen LogP contribution in [0.25, 0.3) is 0 Å². The number of thioether (sulfide) groups is 1. The van der Waals surface area contributed by atoms with Gasteiger partial charge in [-0.05, 0) is 37.8 Å². The van der Waals surface area contributed by atoms with E-state index in [1.807, 2.05) is 24.3 Å². The van der Waals surface area contributed by atoms with E-state index in [0.717, 1.165) is 12.2 Å². The molecule has 2 aliphatic rings. The molecule has 0 spiro atoms. The normalized spacial score (nSPS) is 20.2. The van der Waals surface area contributed by atoms with E-state index in [2.05, 4.69) is 12.1 Å². The highest BCUT2D eigenvalue weighted by atomic mass is 32.2. The smallest absolute Gasteiger partial charge is 0.434 e. The fraction of sp³-hybridized carbons (Fsp3) is 0.353. The number of carbonyl (C=O) groups excluding carboxylic acids is 1. The highest BCUT2D eigenvalue weighted by molar-refractivity contribution is 8.04. The summed E-state index contributed by atoms with van der Waals surface area (Å²) >= 11 is 1.80. The maximum atomic E-state index is 11.6. The molecular formula is C17H18O3S. The molecule has 0 aromatic heterocycles. The quantitative estimate of drug-likeness (QED) is 0.770. The van der Waals surface area contributed by atoms with Crippen LogP contribution in [0.5, 0.6) is 0 Å². The van der Waals surface area contributed by atoms with Gasteiger partial charge in [-0.1, -0.05) is 35.9 Å². The summed E-state index contributed by atoms with van der Waals surface area (Å²) in [6.07, 6.45) is 4.60. The van der Waals surface area contributed by atoms with Crippen LogP contribution >= 0.6 is 11.8 Å². The van der Waals surface area contributed by atoms with Gasteiger partial charge in [0.25, 0.3) is 0 Å². The monoisotopic (exact) mass is 302 g/mol. The van der Waals surface area contributed by atoms with Crippen molar-refractivity contribution >= 4 is 17.9 Å². The molecule has 1 heterocycles. The van der Waals surface area contributed by atoms with Crippen molar-refractivity contribution in [3.8, 4) is 0 Å². The van der Waals surface area contributed by atoms with Crippen LogP contribution in [-0.4, -0.2) is 18.0 Å². The first-order chi connectivity index (χ1) is 10.3. The number of carbonyl (C=O) groups is 1. The Kier molecular flexibility index (Phi) is 4.34. The minimum absolute atomic E-state index is 0.153. The Bertz CT molecular complexity index is 583. The Morgan fingerprint density at radius 2 is 2.05 bits per heavy atom. The lowest BCUT2D eigenvalue weighted by molar-refractivity contribution is 0.0802. The summed E-state index contributed by atoms with van der Waals surface area (Å²) in [5.74, 6) is 0.719. The summed E-state index contributed by atoms with van der Waals surface area (Å²) in [5.41, 5.74) is 2.72. The molecular weight excluding hydrogens is 284 g/mol. The van der Waals surface area contributed by atoms with Crippen molar-refractivity contribution in [3.05, 3.63) is 58.2 Å². The third kappa shape index (κ3) is 3.70. The molecule has 4 heteroatoms. The molecule has 1 aliphatic carbocycles. The summed E-state index contributed by atoms with van der Waals surface area (Å²) in [5, 5.41) is 0.153. The van der Waals surface area contributed by atoms with E-state index in [1.54, 1.807) is 18.7 Å². The standard InChI is InChI=1S/C17H18O3S/c1-2-19-17(18)20-14-11-15(13-8-9-13)21-16(14)10-12-6-4-3-5-7-12/h3-7,11,16H,2,8-10H2,1H3. The lowest BCUT2D eigenvalue weighted by atomic mass is 10.1. The van der Waals surface area contributed by atoms with Crippen LogP contribution in [0.2, 0.25) is 0 Å². The zero-order valence-corrected chi connectivity index (χ0v) is 12.8. The molecule has 3 rings (SSSR count). The van der Waals surface area contributed by atoms with Crippen LogP contribution in [0.4, 0.5) is 4.79 Å². The maximum Gasteiger partial charge on any atom is 0.513 e. The first kappa shape index (κ1) is 14.3. The van der Waals surface area contributed by atoms with Gasteiger partial charge in [0.1, 0.15) is 5.76 Å². The minimum Gasteiger partial charge on any atom is -0.434 e. The van der Waals surface area contributed by atoms with E-state index in [1.165, 1.54) is 28.9 Å². The van der Waals surface area contributed by atoms with Crippen molar-refractivity contribution < 1.29 is 14.3 Å². The third-order valence-corrected chi connectivity index (χ3v) is 4.78. The number of benzene rings is 1. The largest absolute Gasteiger partial charge is 0.513 e. The molecule has 0 radical (unpaired) electrons. The van der Waals surface area contributed by atoms with Crippen molar-refractivity contribution in [2.75, 3.05) is 6.61 Å². The fourth-order valence-electron chi connectivity index (χ4n) is 2.27. The van der Waals surface area contributed by atoms with Crippen LogP contribution in [0.1, 0.15) is 25.3 Å². The number of allylic oxidation sites excluding steroid dienone is 2. The summed E-state index contributed by atoms with van der Waals surface area (Å²) < 4.78 is 10.3. The van der Waals surface area contributed by atoms with Crippen molar-refractivity contribution in [2.45, 2.75) is 31.4 Å². The number of hydrogen-bond donors (Lipinski definition) is 0. The second-order valence-electron chi connectivity index (χ2n) is 5.10. The van der Waals surface area contributed by atoms with Gasteiger partial charge in [-0.3, -0.25) is 0 Å². The molecule has 1 saturated carbocycles. The predicted molar refractivity (Wildman–Crippen MR) is 84.0 cm³/mol. The molecule has 0 bridgehead atoms. The molecule has 0 amide bonds. The van der Waals surface area contributed by atoms with E-state index in [9.17, 15) is 4.79 Å². The summed E-state index contributed by atoms with van der Waals surface area (Å²) in [4.78, 5) is 12.9. The molecule has 0 saturated heterocycles. The fourth-order valence-corrected chi connectivity index (χ4v) is 3.64. The van der Waals surface area contributed by atoms with E-state index in [4.69, 9.17) is 9.47 Å². The second kappa shape index (κ2) is 6.39.